The van der Waals surface area contributed by atoms with E-state index in [1.54, 1.807) is 11.8 Å². The second-order valence-electron chi connectivity index (χ2n) is 2.53. The Morgan fingerprint density at radius 1 is 1.70 bits per heavy atom. The van der Waals surface area contributed by atoms with Crippen LogP contribution in [0, 0.1) is 0 Å². The van der Waals surface area contributed by atoms with Crippen LogP contribution in [-0.2, 0) is 4.79 Å². The Morgan fingerprint density at radius 3 is 2.30 bits per heavy atom. The molecule has 0 radical (unpaired) electrons. The minimum atomic E-state index is 0.0730. The zero-order chi connectivity index (χ0) is 8.15. The molecule has 0 aliphatic carbocycles. The Labute approximate surface area is 62.2 Å². The van der Waals surface area contributed by atoms with Crippen LogP contribution in [0.1, 0.15) is 20.8 Å². The van der Waals surface area contributed by atoms with E-state index in [0.29, 0.717) is 6.54 Å². The molecule has 60 valence electrons. The van der Waals surface area contributed by atoms with Gasteiger partial charge in [0, 0.05) is 26.1 Å². The number of hydrogen-bond donors (Lipinski definition) is 1. The van der Waals surface area contributed by atoms with Gasteiger partial charge in [0.25, 0.3) is 0 Å². The number of nitrogens with zero attached hydrogens (tertiary/aromatic N) is 1. The van der Waals surface area contributed by atoms with Crippen molar-refractivity contribution in [1.82, 2.24) is 4.90 Å². The van der Waals surface area contributed by atoms with E-state index in [1.165, 1.54) is 0 Å². The van der Waals surface area contributed by atoms with Gasteiger partial charge >= 0.3 is 0 Å². The molecular weight excluding hydrogens is 128 g/mol. The fourth-order valence-electron chi connectivity index (χ4n) is 0.828. The highest BCUT2D eigenvalue weighted by Crippen LogP contribution is 1.89. The molecule has 3 nitrogen and oxygen atoms in total. The number of rotatable bonds is 3. The van der Waals surface area contributed by atoms with Gasteiger partial charge in [0.05, 0.1) is 0 Å². The fraction of sp³-hybridized carbons (Fsp3) is 0.857. The van der Waals surface area contributed by atoms with E-state index >= 15 is 0 Å². The maximum atomic E-state index is 10.8. The van der Waals surface area contributed by atoms with E-state index in [2.05, 4.69) is 0 Å². The number of hydrogen-bond acceptors (Lipinski definition) is 2. The summed E-state index contributed by atoms with van der Waals surface area (Å²) in [5.74, 6) is 0.0970. The third-order valence-corrected chi connectivity index (χ3v) is 1.34. The normalized spacial score (nSPS) is 12.8. The van der Waals surface area contributed by atoms with E-state index in [4.69, 9.17) is 5.73 Å². The van der Waals surface area contributed by atoms with E-state index in [1.807, 2.05) is 13.8 Å². The first-order valence-corrected chi connectivity index (χ1v) is 3.59. The molecule has 0 aliphatic rings. The third kappa shape index (κ3) is 3.45. The Hall–Kier alpha value is -0.570. The van der Waals surface area contributed by atoms with Crippen molar-refractivity contribution < 1.29 is 4.79 Å². The molecule has 3 heteroatoms. The summed E-state index contributed by atoms with van der Waals surface area (Å²) in [7, 11) is 0. The molecule has 0 spiro atoms. The lowest BCUT2D eigenvalue weighted by Gasteiger charge is -2.20. The van der Waals surface area contributed by atoms with Crippen molar-refractivity contribution in [2.45, 2.75) is 26.8 Å². The van der Waals surface area contributed by atoms with Crippen LogP contribution in [0.4, 0.5) is 0 Å². The van der Waals surface area contributed by atoms with Crippen LogP contribution in [0.25, 0.3) is 0 Å². The SMILES string of the molecule is CCN(C[C@@H](C)N)C(C)=O. The first-order valence-electron chi connectivity index (χ1n) is 3.59. The number of amides is 1. The molecule has 0 heterocycles. The summed E-state index contributed by atoms with van der Waals surface area (Å²) in [5.41, 5.74) is 5.51. The zero-order valence-electron chi connectivity index (χ0n) is 6.92. The molecular formula is C7H16N2O. The summed E-state index contributed by atoms with van der Waals surface area (Å²) in [5, 5.41) is 0. The zero-order valence-corrected chi connectivity index (χ0v) is 6.92. The summed E-state index contributed by atoms with van der Waals surface area (Å²) in [6.45, 7) is 6.81. The van der Waals surface area contributed by atoms with Crippen LogP contribution >= 0.6 is 0 Å². The highest BCUT2D eigenvalue weighted by Gasteiger charge is 2.06. The van der Waals surface area contributed by atoms with Crippen LogP contribution in [0.3, 0.4) is 0 Å². The summed E-state index contributed by atoms with van der Waals surface area (Å²) >= 11 is 0. The second kappa shape index (κ2) is 4.28. The minimum absolute atomic E-state index is 0.0730. The van der Waals surface area contributed by atoms with Crippen LogP contribution in [0.5, 0.6) is 0 Å². The van der Waals surface area contributed by atoms with Crippen molar-refractivity contribution >= 4 is 5.91 Å². The molecule has 2 N–H and O–H groups in total. The van der Waals surface area contributed by atoms with Gasteiger partial charge in [0.1, 0.15) is 0 Å². The lowest BCUT2D eigenvalue weighted by molar-refractivity contribution is -0.128. The number of carbonyl (C=O) groups is 1. The van der Waals surface area contributed by atoms with Crippen molar-refractivity contribution in [3.05, 3.63) is 0 Å². The predicted molar refractivity (Wildman–Crippen MR) is 41.6 cm³/mol. The third-order valence-electron chi connectivity index (χ3n) is 1.34. The Morgan fingerprint density at radius 2 is 2.20 bits per heavy atom. The summed E-state index contributed by atoms with van der Waals surface area (Å²) in [6.07, 6.45) is 0. The molecule has 0 bridgehead atoms. The van der Waals surface area contributed by atoms with E-state index in [-0.39, 0.29) is 11.9 Å². The highest BCUT2D eigenvalue weighted by atomic mass is 16.2. The number of likely N-dealkylation sites (N-methyl/N-ethyl adjacent to an activating group) is 1. The van der Waals surface area contributed by atoms with E-state index in [9.17, 15) is 4.79 Å². The van der Waals surface area contributed by atoms with Gasteiger partial charge in [-0.15, -0.1) is 0 Å². The average molecular weight is 144 g/mol. The van der Waals surface area contributed by atoms with Gasteiger partial charge in [0.15, 0.2) is 0 Å². The molecule has 0 aliphatic heterocycles. The second-order valence-corrected chi connectivity index (χ2v) is 2.53. The van der Waals surface area contributed by atoms with Crippen molar-refractivity contribution in [1.29, 1.82) is 0 Å². The maximum absolute atomic E-state index is 10.8. The van der Waals surface area contributed by atoms with Gasteiger partial charge in [-0.2, -0.15) is 0 Å². The van der Waals surface area contributed by atoms with Gasteiger partial charge in [0.2, 0.25) is 5.91 Å². The molecule has 0 saturated carbocycles. The Balaban J connectivity index is 3.72. The van der Waals surface area contributed by atoms with Gasteiger partial charge in [-0.25, -0.2) is 0 Å². The summed E-state index contributed by atoms with van der Waals surface area (Å²) in [6, 6.07) is 0.0730. The summed E-state index contributed by atoms with van der Waals surface area (Å²) < 4.78 is 0. The maximum Gasteiger partial charge on any atom is 0.219 e. The molecule has 1 atom stereocenters. The molecule has 0 aromatic carbocycles. The lowest BCUT2D eigenvalue weighted by Crippen LogP contribution is -2.38. The lowest BCUT2D eigenvalue weighted by atomic mass is 10.3. The smallest absolute Gasteiger partial charge is 0.219 e. The van der Waals surface area contributed by atoms with Crippen LogP contribution < -0.4 is 5.73 Å². The molecule has 0 saturated heterocycles. The molecule has 0 aromatic heterocycles. The Bertz CT molecular complexity index is 112. The highest BCUT2D eigenvalue weighted by molar-refractivity contribution is 5.73. The molecule has 0 aromatic rings. The first-order chi connectivity index (χ1) is 4.57. The van der Waals surface area contributed by atoms with Crippen LogP contribution in [-0.4, -0.2) is 29.9 Å². The Kier molecular flexibility index (Phi) is 4.03. The van der Waals surface area contributed by atoms with Crippen LogP contribution in [0.15, 0.2) is 0 Å². The van der Waals surface area contributed by atoms with Crippen molar-refractivity contribution in [2.75, 3.05) is 13.1 Å². The van der Waals surface area contributed by atoms with Crippen molar-refractivity contribution in [2.24, 2.45) is 5.73 Å². The average Bonchev–Trinajstić information content (AvgIpc) is 1.81. The van der Waals surface area contributed by atoms with Crippen molar-refractivity contribution in [3.8, 4) is 0 Å². The fourth-order valence-corrected chi connectivity index (χ4v) is 0.828. The van der Waals surface area contributed by atoms with Crippen molar-refractivity contribution in [3.63, 3.8) is 0 Å². The van der Waals surface area contributed by atoms with Gasteiger partial charge in [-0.05, 0) is 13.8 Å². The van der Waals surface area contributed by atoms with E-state index in [0.717, 1.165) is 6.54 Å². The standard InChI is InChI=1S/C7H16N2O/c1-4-9(7(3)10)5-6(2)8/h6H,4-5,8H2,1-3H3/t6-/m1/s1. The molecule has 10 heavy (non-hydrogen) atoms. The largest absolute Gasteiger partial charge is 0.342 e. The quantitative estimate of drug-likeness (QED) is 0.615. The molecule has 0 fully saturated rings. The number of carbonyl (C=O) groups excluding carboxylic acids is 1. The topological polar surface area (TPSA) is 46.3 Å². The summed E-state index contributed by atoms with van der Waals surface area (Å²) in [4.78, 5) is 12.5. The molecule has 0 rings (SSSR count). The molecule has 1 amide bonds. The van der Waals surface area contributed by atoms with Gasteiger partial charge in [-0.1, -0.05) is 0 Å². The van der Waals surface area contributed by atoms with Gasteiger partial charge < -0.3 is 10.6 Å². The minimum Gasteiger partial charge on any atom is -0.342 e. The number of nitrogens with two attached hydrogens (primary N) is 1. The predicted octanol–water partition coefficient (Wildman–Crippen LogP) is 0.202. The first kappa shape index (κ1) is 9.43. The van der Waals surface area contributed by atoms with Crippen LogP contribution in [0.2, 0.25) is 0 Å². The monoisotopic (exact) mass is 144 g/mol. The van der Waals surface area contributed by atoms with E-state index < -0.39 is 0 Å². The molecule has 0 unspecified atom stereocenters. The van der Waals surface area contributed by atoms with Gasteiger partial charge in [-0.3, -0.25) is 4.79 Å².